The summed E-state index contributed by atoms with van der Waals surface area (Å²) in [4.78, 5) is 11.8. The number of pyridine rings is 1. The van der Waals surface area contributed by atoms with E-state index in [0.29, 0.717) is 29.4 Å². The van der Waals surface area contributed by atoms with Crippen LogP contribution in [0.5, 0.6) is 5.88 Å². The highest BCUT2D eigenvalue weighted by atomic mass is 19.1. The molecule has 4 heterocycles. The zero-order valence-electron chi connectivity index (χ0n) is 15.8. The standard InChI is InChI=1S/C22H18FN5O/c1-14-10-26-28-21(9-20(27-22(14)28)16-8-17(23)13-24-11-16)29-7-6-15-12-25-19-5-3-2-4-18(15)19/h2-5,8-13,25H,6-7H2,1H3. The summed E-state index contributed by atoms with van der Waals surface area (Å²) in [5.74, 6) is 0.151. The second-order valence-electron chi connectivity index (χ2n) is 6.89. The summed E-state index contributed by atoms with van der Waals surface area (Å²) in [5.41, 5.74) is 5.07. The molecule has 0 atom stereocenters. The lowest BCUT2D eigenvalue weighted by Crippen LogP contribution is -2.06. The highest BCUT2D eigenvalue weighted by molar-refractivity contribution is 5.83. The van der Waals surface area contributed by atoms with Gasteiger partial charge in [-0.1, -0.05) is 18.2 Å². The number of hydrogen-bond acceptors (Lipinski definition) is 4. The van der Waals surface area contributed by atoms with Crippen LogP contribution in [0.1, 0.15) is 11.1 Å². The molecule has 0 unspecified atom stereocenters. The fourth-order valence-electron chi connectivity index (χ4n) is 3.45. The number of aromatic amines is 1. The highest BCUT2D eigenvalue weighted by Crippen LogP contribution is 2.25. The fourth-order valence-corrected chi connectivity index (χ4v) is 3.45. The minimum absolute atomic E-state index is 0.406. The lowest BCUT2D eigenvalue weighted by molar-refractivity contribution is 0.301. The molecule has 0 fully saturated rings. The third-order valence-electron chi connectivity index (χ3n) is 4.91. The predicted molar refractivity (Wildman–Crippen MR) is 108 cm³/mol. The maximum atomic E-state index is 13.6. The van der Waals surface area contributed by atoms with E-state index in [4.69, 9.17) is 4.74 Å². The van der Waals surface area contributed by atoms with Gasteiger partial charge in [-0.25, -0.2) is 9.37 Å². The SMILES string of the molecule is Cc1cnn2c(OCCc3c[nH]c4ccccc34)cc(-c3cncc(F)c3)nc12. The van der Waals surface area contributed by atoms with Crippen LogP contribution in [-0.2, 0) is 6.42 Å². The lowest BCUT2D eigenvalue weighted by atomic mass is 10.1. The molecule has 7 heteroatoms. The molecule has 5 rings (SSSR count). The monoisotopic (exact) mass is 387 g/mol. The number of H-pyrrole nitrogens is 1. The summed E-state index contributed by atoms with van der Waals surface area (Å²) in [6, 6.07) is 11.4. The van der Waals surface area contributed by atoms with Crippen molar-refractivity contribution in [3.05, 3.63) is 78.1 Å². The number of aromatic nitrogens is 5. The first-order valence-electron chi connectivity index (χ1n) is 9.33. The molecule has 0 radical (unpaired) electrons. The van der Waals surface area contributed by atoms with Gasteiger partial charge in [0, 0.05) is 46.9 Å². The highest BCUT2D eigenvalue weighted by Gasteiger charge is 2.13. The van der Waals surface area contributed by atoms with Gasteiger partial charge in [-0.15, -0.1) is 0 Å². The number of fused-ring (bicyclic) bond motifs is 2. The van der Waals surface area contributed by atoms with Crippen LogP contribution in [0.2, 0.25) is 0 Å². The van der Waals surface area contributed by atoms with Gasteiger partial charge in [0.25, 0.3) is 0 Å². The minimum atomic E-state index is -0.406. The van der Waals surface area contributed by atoms with Crippen molar-refractivity contribution in [1.82, 2.24) is 24.6 Å². The summed E-state index contributed by atoms with van der Waals surface area (Å²) in [6.07, 6.45) is 7.25. The Morgan fingerprint density at radius 1 is 1.14 bits per heavy atom. The lowest BCUT2D eigenvalue weighted by Gasteiger charge is -2.10. The smallest absolute Gasteiger partial charge is 0.218 e. The predicted octanol–water partition coefficient (Wildman–Crippen LogP) is 4.34. The third kappa shape index (κ3) is 3.20. The molecular weight excluding hydrogens is 369 g/mol. The van der Waals surface area contributed by atoms with Crippen LogP contribution in [0.25, 0.3) is 27.8 Å². The summed E-state index contributed by atoms with van der Waals surface area (Å²) in [6.45, 7) is 2.40. The molecule has 0 saturated carbocycles. The first-order valence-corrected chi connectivity index (χ1v) is 9.33. The Morgan fingerprint density at radius 3 is 2.93 bits per heavy atom. The van der Waals surface area contributed by atoms with Gasteiger partial charge < -0.3 is 9.72 Å². The van der Waals surface area contributed by atoms with Crippen molar-refractivity contribution in [2.24, 2.45) is 0 Å². The Kier molecular flexibility index (Phi) is 4.20. The molecule has 0 bridgehead atoms. The zero-order chi connectivity index (χ0) is 19.8. The van der Waals surface area contributed by atoms with Gasteiger partial charge in [0.15, 0.2) is 5.65 Å². The first kappa shape index (κ1) is 17.4. The van der Waals surface area contributed by atoms with Gasteiger partial charge in [-0.05, 0) is 24.6 Å². The summed E-state index contributed by atoms with van der Waals surface area (Å²) in [7, 11) is 0. The van der Waals surface area contributed by atoms with Gasteiger partial charge in [0.1, 0.15) is 5.82 Å². The van der Waals surface area contributed by atoms with Crippen LogP contribution in [0, 0.1) is 12.7 Å². The van der Waals surface area contributed by atoms with E-state index in [1.807, 2.05) is 25.3 Å². The summed E-state index contributed by atoms with van der Waals surface area (Å²) in [5, 5.41) is 5.56. The average Bonchev–Trinajstić information content (AvgIpc) is 3.32. The molecule has 0 spiro atoms. The third-order valence-corrected chi connectivity index (χ3v) is 4.91. The van der Waals surface area contributed by atoms with Crippen LogP contribution < -0.4 is 4.74 Å². The molecule has 4 aromatic heterocycles. The molecule has 0 aliphatic carbocycles. The molecule has 144 valence electrons. The molecule has 5 aromatic rings. The number of para-hydroxylation sites is 1. The number of halogens is 1. The van der Waals surface area contributed by atoms with Crippen LogP contribution in [0.15, 0.2) is 61.2 Å². The fraction of sp³-hybridized carbons (Fsp3) is 0.136. The van der Waals surface area contributed by atoms with Gasteiger partial charge in [0.05, 0.1) is 24.7 Å². The number of benzene rings is 1. The molecule has 0 saturated heterocycles. The Labute approximate surface area is 166 Å². The van der Waals surface area contributed by atoms with Gasteiger partial charge >= 0.3 is 0 Å². The van der Waals surface area contributed by atoms with E-state index in [-0.39, 0.29) is 0 Å². The van der Waals surface area contributed by atoms with Crippen LogP contribution in [0.3, 0.4) is 0 Å². The van der Waals surface area contributed by atoms with Gasteiger partial charge in [-0.2, -0.15) is 9.61 Å². The second kappa shape index (κ2) is 7.01. The number of hydrogen-bond donors (Lipinski definition) is 1. The maximum Gasteiger partial charge on any atom is 0.218 e. The van der Waals surface area contributed by atoms with Crippen molar-refractivity contribution in [2.45, 2.75) is 13.3 Å². The molecule has 1 aromatic carbocycles. The number of ether oxygens (including phenoxy) is 1. The van der Waals surface area contributed by atoms with Gasteiger partial charge in [-0.3, -0.25) is 4.98 Å². The van der Waals surface area contributed by atoms with Crippen LogP contribution in [0.4, 0.5) is 4.39 Å². The van der Waals surface area contributed by atoms with E-state index in [9.17, 15) is 4.39 Å². The van der Waals surface area contributed by atoms with Crippen LogP contribution >= 0.6 is 0 Å². The number of rotatable bonds is 5. The van der Waals surface area contributed by atoms with Crippen molar-refractivity contribution < 1.29 is 9.13 Å². The quantitative estimate of drug-likeness (QED) is 0.487. The molecule has 29 heavy (non-hydrogen) atoms. The first-order chi connectivity index (χ1) is 14.2. The normalized spacial score (nSPS) is 11.4. The molecule has 0 amide bonds. The zero-order valence-corrected chi connectivity index (χ0v) is 15.8. The Bertz CT molecular complexity index is 1320. The molecular formula is C22H18FN5O. The Balaban J connectivity index is 1.46. The topological polar surface area (TPSA) is 68.1 Å². The van der Waals surface area contributed by atoms with E-state index in [0.717, 1.165) is 17.5 Å². The summed E-state index contributed by atoms with van der Waals surface area (Å²) >= 11 is 0. The van der Waals surface area contributed by atoms with E-state index in [1.165, 1.54) is 23.2 Å². The van der Waals surface area contributed by atoms with Crippen molar-refractivity contribution in [1.29, 1.82) is 0 Å². The van der Waals surface area contributed by atoms with E-state index in [1.54, 1.807) is 23.0 Å². The molecule has 6 nitrogen and oxygen atoms in total. The van der Waals surface area contributed by atoms with E-state index in [2.05, 4.69) is 32.2 Å². The average molecular weight is 387 g/mol. The molecule has 0 aliphatic rings. The summed E-state index contributed by atoms with van der Waals surface area (Å²) < 4.78 is 21.4. The Morgan fingerprint density at radius 2 is 2.03 bits per heavy atom. The second-order valence-corrected chi connectivity index (χ2v) is 6.89. The van der Waals surface area contributed by atoms with Crippen LogP contribution in [-0.4, -0.2) is 31.2 Å². The van der Waals surface area contributed by atoms with Crippen molar-refractivity contribution >= 4 is 16.6 Å². The van der Waals surface area contributed by atoms with Gasteiger partial charge in [0.2, 0.25) is 5.88 Å². The molecule has 0 aliphatic heterocycles. The van der Waals surface area contributed by atoms with E-state index < -0.39 is 5.82 Å². The van der Waals surface area contributed by atoms with Crippen molar-refractivity contribution in [2.75, 3.05) is 6.61 Å². The Hall–Kier alpha value is -3.74. The maximum absolute atomic E-state index is 13.6. The van der Waals surface area contributed by atoms with Crippen molar-refractivity contribution in [3.63, 3.8) is 0 Å². The number of aryl methyl sites for hydroxylation is 1. The van der Waals surface area contributed by atoms with E-state index >= 15 is 0 Å². The minimum Gasteiger partial charge on any atom is -0.477 e. The van der Waals surface area contributed by atoms with Crippen molar-refractivity contribution in [3.8, 4) is 17.1 Å². The number of nitrogens with one attached hydrogen (secondary N) is 1. The molecule has 1 N–H and O–H groups in total. The largest absolute Gasteiger partial charge is 0.477 e. The number of nitrogens with zero attached hydrogens (tertiary/aromatic N) is 4.